The van der Waals surface area contributed by atoms with Gasteiger partial charge in [-0.1, -0.05) is 49.8 Å². The molecule has 1 N–H and O–H groups in total. The second-order valence-electron chi connectivity index (χ2n) is 8.74. The highest BCUT2D eigenvalue weighted by molar-refractivity contribution is 5.79. The van der Waals surface area contributed by atoms with E-state index < -0.39 is 6.17 Å². The highest BCUT2D eigenvalue weighted by Crippen LogP contribution is 2.28. The molecule has 1 aliphatic carbocycles. The van der Waals surface area contributed by atoms with E-state index in [0.29, 0.717) is 17.8 Å². The monoisotopic (exact) mass is 490 g/mol. The van der Waals surface area contributed by atoms with Crippen LogP contribution in [0.5, 0.6) is 0 Å². The van der Waals surface area contributed by atoms with Crippen molar-refractivity contribution in [1.82, 2.24) is 9.88 Å². The molecule has 0 atom stereocenters. The lowest BCUT2D eigenvalue weighted by Gasteiger charge is -2.25. The second-order valence-corrected chi connectivity index (χ2v) is 8.74. The molecule has 0 unspecified atom stereocenters. The SMILES string of the molecule is C=N/C(=C(/C)N1C=C(c2ccc(C)cc2)N=CC1)c1[nH]c2c(c(=O)c1C)CCC=C2.CC.CC(C)F. The first-order valence-electron chi connectivity index (χ1n) is 12.5. The fourth-order valence-electron chi connectivity index (χ4n) is 3.90. The Balaban J connectivity index is 0.000000694. The number of alkyl halides is 1. The van der Waals surface area contributed by atoms with Gasteiger partial charge in [0.25, 0.3) is 0 Å². The molecular formula is C30H39FN4O. The van der Waals surface area contributed by atoms with Crippen molar-refractivity contribution in [2.24, 2.45) is 9.98 Å². The van der Waals surface area contributed by atoms with Crippen LogP contribution < -0.4 is 5.43 Å². The molecule has 2 heterocycles. The van der Waals surface area contributed by atoms with Crippen LogP contribution in [0.3, 0.4) is 0 Å². The number of nitrogens with zero attached hydrogens (tertiary/aromatic N) is 3. The minimum atomic E-state index is -0.667. The molecule has 0 bridgehead atoms. The third-order valence-electron chi connectivity index (χ3n) is 5.72. The fraction of sp³-hybridized carbons (Fsp3) is 0.367. The van der Waals surface area contributed by atoms with Crippen LogP contribution in [0.2, 0.25) is 0 Å². The summed E-state index contributed by atoms with van der Waals surface area (Å²) in [5.41, 5.74) is 7.99. The lowest BCUT2D eigenvalue weighted by atomic mass is 9.97. The number of nitrogens with one attached hydrogen (secondary N) is 1. The van der Waals surface area contributed by atoms with Gasteiger partial charge in [-0.15, -0.1) is 0 Å². The quantitative estimate of drug-likeness (QED) is 0.464. The number of hydrogen-bond acceptors (Lipinski definition) is 4. The van der Waals surface area contributed by atoms with Crippen molar-refractivity contribution in [2.75, 3.05) is 6.54 Å². The number of allylic oxidation sites excluding steroid dienone is 2. The summed E-state index contributed by atoms with van der Waals surface area (Å²) in [6.45, 7) is 17.4. The molecule has 4 rings (SSSR count). The highest BCUT2D eigenvalue weighted by atomic mass is 19.1. The zero-order chi connectivity index (χ0) is 26.8. The molecule has 5 nitrogen and oxygen atoms in total. The third kappa shape index (κ3) is 7.00. The molecule has 6 heteroatoms. The zero-order valence-corrected chi connectivity index (χ0v) is 22.7. The highest BCUT2D eigenvalue weighted by Gasteiger charge is 2.20. The number of benzene rings is 1. The minimum absolute atomic E-state index is 0.0909. The lowest BCUT2D eigenvalue weighted by Crippen LogP contribution is -2.23. The number of rotatable bonds is 4. The molecule has 36 heavy (non-hydrogen) atoms. The van der Waals surface area contributed by atoms with Crippen LogP contribution in [0.15, 0.2) is 57.0 Å². The van der Waals surface area contributed by atoms with E-state index in [2.05, 4.69) is 63.9 Å². The second kappa shape index (κ2) is 13.5. The van der Waals surface area contributed by atoms with Gasteiger partial charge in [0.15, 0.2) is 5.43 Å². The number of aliphatic imine (C=N–C) groups is 2. The van der Waals surface area contributed by atoms with Crippen LogP contribution >= 0.6 is 0 Å². The average molecular weight is 491 g/mol. The van der Waals surface area contributed by atoms with E-state index in [4.69, 9.17) is 0 Å². The number of aromatic amines is 1. The van der Waals surface area contributed by atoms with Crippen molar-refractivity contribution in [1.29, 1.82) is 0 Å². The summed E-state index contributed by atoms with van der Waals surface area (Å²) < 4.78 is 11.0. The summed E-state index contributed by atoms with van der Waals surface area (Å²) in [5, 5.41) is 0. The standard InChI is InChI=1S/C25H26N4O.C3H7F.C2H6/c1-16-9-11-19(12-10-16)22-15-29(14-13-27-22)18(3)24(26-4)23-17(2)25(30)20-7-5-6-8-21(20)28-23;1-3(2)4;1-2/h6,8-13,15H,4-5,7,14H2,1-3H3,(H,28,30);3H,1-2H3;1-2H3/b24-18-;;. The molecule has 192 valence electrons. The third-order valence-corrected chi connectivity index (χ3v) is 5.72. The van der Waals surface area contributed by atoms with Gasteiger partial charge in [0, 0.05) is 40.5 Å². The summed E-state index contributed by atoms with van der Waals surface area (Å²) in [6, 6.07) is 8.31. The van der Waals surface area contributed by atoms with Crippen LogP contribution in [0.1, 0.15) is 74.7 Å². The molecule has 1 aromatic carbocycles. The summed E-state index contributed by atoms with van der Waals surface area (Å²) in [4.78, 5) is 27.3. The van der Waals surface area contributed by atoms with E-state index in [9.17, 15) is 9.18 Å². The average Bonchev–Trinajstić information content (AvgIpc) is 2.88. The Morgan fingerprint density at radius 3 is 2.44 bits per heavy atom. The Morgan fingerprint density at radius 1 is 1.19 bits per heavy atom. The first-order valence-corrected chi connectivity index (χ1v) is 12.5. The minimum Gasteiger partial charge on any atom is -0.353 e. The van der Waals surface area contributed by atoms with Crippen LogP contribution in [0.4, 0.5) is 4.39 Å². The molecule has 0 spiro atoms. The number of hydrogen-bond donors (Lipinski definition) is 1. The normalized spacial score (nSPS) is 14.6. The van der Waals surface area contributed by atoms with Gasteiger partial charge in [-0.05, 0) is 60.3 Å². The van der Waals surface area contributed by atoms with Gasteiger partial charge < -0.3 is 9.88 Å². The van der Waals surface area contributed by atoms with Crippen molar-refractivity contribution in [2.45, 2.75) is 67.5 Å². The first kappa shape index (κ1) is 28.7. The summed E-state index contributed by atoms with van der Waals surface area (Å²) in [6.07, 6.45) is 9.00. The van der Waals surface area contributed by atoms with Gasteiger partial charge in [0.2, 0.25) is 0 Å². The van der Waals surface area contributed by atoms with Crippen LogP contribution in [0.25, 0.3) is 17.5 Å². The maximum atomic E-state index is 12.9. The molecule has 2 aromatic rings. The number of fused-ring (bicyclic) bond motifs is 1. The molecule has 1 aromatic heterocycles. The fourth-order valence-corrected chi connectivity index (χ4v) is 3.90. The topological polar surface area (TPSA) is 60.8 Å². The molecule has 0 saturated carbocycles. The van der Waals surface area contributed by atoms with Crippen LogP contribution in [-0.4, -0.2) is 35.5 Å². The predicted molar refractivity (Wildman–Crippen MR) is 153 cm³/mol. The van der Waals surface area contributed by atoms with E-state index in [1.165, 1.54) is 19.4 Å². The maximum Gasteiger partial charge on any atom is 0.188 e. The molecule has 0 amide bonds. The number of pyridine rings is 1. The van der Waals surface area contributed by atoms with Crippen LogP contribution in [0, 0.1) is 13.8 Å². The van der Waals surface area contributed by atoms with E-state index >= 15 is 0 Å². The summed E-state index contributed by atoms with van der Waals surface area (Å²) in [5.74, 6) is 0. The van der Waals surface area contributed by atoms with E-state index in [1.807, 2.05) is 46.2 Å². The summed E-state index contributed by atoms with van der Waals surface area (Å²) in [7, 11) is 0. The van der Waals surface area contributed by atoms with Gasteiger partial charge >= 0.3 is 0 Å². The van der Waals surface area contributed by atoms with Gasteiger partial charge in [0.1, 0.15) is 5.70 Å². The van der Waals surface area contributed by atoms with Crippen molar-refractivity contribution >= 4 is 30.4 Å². The Kier molecular flexibility index (Phi) is 10.8. The number of H-pyrrole nitrogens is 1. The Labute approximate surface area is 214 Å². The van der Waals surface area contributed by atoms with E-state index in [1.54, 1.807) is 0 Å². The van der Waals surface area contributed by atoms with Crippen molar-refractivity contribution in [3.05, 3.63) is 86.1 Å². The van der Waals surface area contributed by atoms with Gasteiger partial charge in [0.05, 0.1) is 24.1 Å². The largest absolute Gasteiger partial charge is 0.353 e. The van der Waals surface area contributed by atoms with Crippen molar-refractivity contribution in [3.8, 4) is 0 Å². The number of aryl methyl sites for hydroxylation is 1. The van der Waals surface area contributed by atoms with Crippen LogP contribution in [-0.2, 0) is 6.42 Å². The molecule has 0 saturated heterocycles. The molecule has 2 aliphatic rings. The van der Waals surface area contributed by atoms with Gasteiger partial charge in [-0.2, -0.15) is 0 Å². The predicted octanol–water partition coefficient (Wildman–Crippen LogP) is 7.12. The van der Waals surface area contributed by atoms with Gasteiger partial charge in [-0.25, -0.2) is 4.39 Å². The number of aromatic nitrogens is 1. The van der Waals surface area contributed by atoms with Gasteiger partial charge in [-0.3, -0.25) is 14.8 Å². The Bertz CT molecular complexity index is 1230. The van der Waals surface area contributed by atoms with E-state index in [-0.39, 0.29) is 5.43 Å². The molecule has 0 fully saturated rings. The molecule has 0 radical (unpaired) electrons. The molecular weight excluding hydrogens is 451 g/mol. The number of halogens is 1. The first-order chi connectivity index (χ1) is 17.2. The smallest absolute Gasteiger partial charge is 0.188 e. The zero-order valence-electron chi connectivity index (χ0n) is 22.7. The van der Waals surface area contributed by atoms with E-state index in [0.717, 1.165) is 46.8 Å². The summed E-state index contributed by atoms with van der Waals surface area (Å²) >= 11 is 0. The lowest BCUT2D eigenvalue weighted by molar-refractivity contribution is 0.391. The van der Waals surface area contributed by atoms with Crippen molar-refractivity contribution in [3.63, 3.8) is 0 Å². The Hall–Kier alpha value is -3.54. The molecule has 1 aliphatic heterocycles. The Morgan fingerprint density at radius 2 is 1.83 bits per heavy atom. The van der Waals surface area contributed by atoms with Crippen molar-refractivity contribution < 1.29 is 4.39 Å². The maximum absolute atomic E-state index is 12.9.